The van der Waals surface area contributed by atoms with Crippen LogP contribution in [0.4, 0.5) is 13.2 Å². The SMILES string of the molecule is CCC(C(=O)Cc1ccc2ncc(C(F)(F)F)nc2c1)n1cc(OC)c(-c2cc(Cl)ccc2-n2cc(Cl)nn2)cc1=O. The molecule has 0 saturated heterocycles. The third kappa shape index (κ3) is 5.86. The second-order valence-corrected chi connectivity index (χ2v) is 10.1. The maximum Gasteiger partial charge on any atom is 0.434 e. The lowest BCUT2D eigenvalue weighted by Gasteiger charge is -2.20. The van der Waals surface area contributed by atoms with E-state index < -0.39 is 23.5 Å². The third-order valence-electron chi connectivity index (χ3n) is 6.59. The first-order valence-corrected chi connectivity index (χ1v) is 13.3. The Hall–Kier alpha value is -4.29. The van der Waals surface area contributed by atoms with Crippen LogP contribution in [0.2, 0.25) is 10.2 Å². The van der Waals surface area contributed by atoms with Gasteiger partial charge in [0.2, 0.25) is 0 Å². The molecular formula is C28H21Cl2F3N6O3. The number of hydrogen-bond donors (Lipinski definition) is 0. The molecule has 216 valence electrons. The molecule has 1 unspecified atom stereocenters. The summed E-state index contributed by atoms with van der Waals surface area (Å²) in [7, 11) is 1.43. The lowest BCUT2D eigenvalue weighted by atomic mass is 10.00. The summed E-state index contributed by atoms with van der Waals surface area (Å²) in [4.78, 5) is 34.3. The van der Waals surface area contributed by atoms with E-state index in [9.17, 15) is 22.8 Å². The summed E-state index contributed by atoms with van der Waals surface area (Å²) >= 11 is 12.2. The minimum atomic E-state index is -4.65. The van der Waals surface area contributed by atoms with E-state index in [2.05, 4.69) is 20.3 Å². The number of methoxy groups -OCH3 is 1. The van der Waals surface area contributed by atoms with Crippen LogP contribution in [0.5, 0.6) is 5.75 Å². The highest BCUT2D eigenvalue weighted by atomic mass is 35.5. The molecule has 1 atom stereocenters. The molecule has 5 rings (SSSR count). The van der Waals surface area contributed by atoms with Crippen LogP contribution in [0.25, 0.3) is 27.8 Å². The molecule has 0 radical (unpaired) electrons. The number of rotatable bonds is 8. The zero-order chi connectivity index (χ0) is 30.2. The summed E-state index contributed by atoms with van der Waals surface area (Å²) in [5.41, 5.74) is 0.551. The van der Waals surface area contributed by atoms with E-state index in [1.165, 1.54) is 47.0 Å². The molecule has 14 heteroatoms. The highest BCUT2D eigenvalue weighted by Gasteiger charge is 2.33. The predicted octanol–water partition coefficient (Wildman–Crippen LogP) is 6.14. The van der Waals surface area contributed by atoms with Crippen molar-refractivity contribution in [2.75, 3.05) is 7.11 Å². The van der Waals surface area contributed by atoms with Crippen LogP contribution in [-0.4, -0.2) is 42.4 Å². The van der Waals surface area contributed by atoms with Gasteiger partial charge in [0.05, 0.1) is 48.5 Å². The van der Waals surface area contributed by atoms with Crippen LogP contribution < -0.4 is 10.3 Å². The number of fused-ring (bicyclic) bond motifs is 1. The molecule has 3 aromatic heterocycles. The van der Waals surface area contributed by atoms with Gasteiger partial charge in [0, 0.05) is 28.6 Å². The Balaban J connectivity index is 1.50. The molecule has 0 aliphatic heterocycles. The Labute approximate surface area is 246 Å². The summed E-state index contributed by atoms with van der Waals surface area (Å²) in [6.07, 6.45) is -0.917. The van der Waals surface area contributed by atoms with Crippen molar-refractivity contribution in [2.45, 2.75) is 32.0 Å². The Kier molecular flexibility index (Phi) is 8.02. The number of hydrogen-bond acceptors (Lipinski definition) is 7. The van der Waals surface area contributed by atoms with Gasteiger partial charge in [-0.05, 0) is 42.3 Å². The monoisotopic (exact) mass is 616 g/mol. The van der Waals surface area contributed by atoms with Crippen LogP contribution in [0.1, 0.15) is 30.6 Å². The Morgan fingerprint density at radius 1 is 1.05 bits per heavy atom. The number of alkyl halides is 3. The minimum Gasteiger partial charge on any atom is -0.495 e. The average Bonchev–Trinajstić information content (AvgIpc) is 3.39. The lowest BCUT2D eigenvalue weighted by Crippen LogP contribution is -2.30. The van der Waals surface area contributed by atoms with E-state index in [0.29, 0.717) is 33.6 Å². The van der Waals surface area contributed by atoms with Crippen LogP contribution in [0.15, 0.2) is 65.8 Å². The van der Waals surface area contributed by atoms with E-state index in [4.69, 9.17) is 27.9 Å². The number of halogens is 5. The van der Waals surface area contributed by atoms with Crippen molar-refractivity contribution in [1.29, 1.82) is 0 Å². The van der Waals surface area contributed by atoms with Gasteiger partial charge >= 0.3 is 6.18 Å². The number of ether oxygens (including phenoxy) is 1. The number of pyridine rings is 1. The quantitative estimate of drug-likeness (QED) is 0.206. The molecule has 3 heterocycles. The van der Waals surface area contributed by atoms with Gasteiger partial charge in [0.1, 0.15) is 5.75 Å². The molecule has 5 aromatic rings. The van der Waals surface area contributed by atoms with Gasteiger partial charge in [-0.2, -0.15) is 13.2 Å². The normalized spacial score (nSPS) is 12.5. The molecule has 0 N–H and O–H groups in total. The van der Waals surface area contributed by atoms with Crippen LogP contribution in [0, 0.1) is 0 Å². The van der Waals surface area contributed by atoms with Crippen molar-refractivity contribution in [3.05, 3.63) is 92.8 Å². The second kappa shape index (κ2) is 11.5. The Morgan fingerprint density at radius 2 is 1.83 bits per heavy atom. The fourth-order valence-electron chi connectivity index (χ4n) is 4.63. The maximum absolute atomic E-state index is 13.4. The van der Waals surface area contributed by atoms with Crippen molar-refractivity contribution >= 4 is 40.0 Å². The van der Waals surface area contributed by atoms with Gasteiger partial charge in [-0.15, -0.1) is 5.10 Å². The van der Waals surface area contributed by atoms with Crippen LogP contribution in [-0.2, 0) is 17.4 Å². The Bertz CT molecular complexity index is 1870. The van der Waals surface area contributed by atoms with Gasteiger partial charge in [-0.3, -0.25) is 14.6 Å². The van der Waals surface area contributed by atoms with Crippen molar-refractivity contribution in [2.24, 2.45) is 0 Å². The van der Waals surface area contributed by atoms with E-state index in [0.717, 1.165) is 0 Å². The minimum absolute atomic E-state index is 0.0114. The Morgan fingerprint density at radius 3 is 2.50 bits per heavy atom. The standard InChI is InChI=1S/C28H21Cl2F3N6O3/c1-3-21(23(40)9-15-4-6-19-20(8-15)35-25(12-34-19)28(31,32)33)38-13-24(42-2)18(11-27(38)41)17-10-16(29)5-7-22(17)39-14-26(30)36-37-39/h4-8,10-14,21H,3,9H2,1-2H3. The topological polar surface area (TPSA) is 105 Å². The van der Waals surface area contributed by atoms with E-state index in [-0.39, 0.29) is 40.6 Å². The number of Topliss-reactive ketones (excluding diaryl/α,β-unsaturated/α-hetero) is 1. The van der Waals surface area contributed by atoms with Gasteiger partial charge in [0.25, 0.3) is 5.56 Å². The highest BCUT2D eigenvalue weighted by Crippen LogP contribution is 2.36. The van der Waals surface area contributed by atoms with E-state index in [1.807, 2.05) is 0 Å². The highest BCUT2D eigenvalue weighted by molar-refractivity contribution is 6.31. The molecule has 0 fully saturated rings. The summed E-state index contributed by atoms with van der Waals surface area (Å²) in [6, 6.07) is 9.94. The molecule has 0 aliphatic rings. The first-order valence-electron chi connectivity index (χ1n) is 12.5. The van der Waals surface area contributed by atoms with E-state index >= 15 is 0 Å². The zero-order valence-corrected chi connectivity index (χ0v) is 23.6. The number of benzene rings is 2. The maximum atomic E-state index is 13.4. The van der Waals surface area contributed by atoms with Crippen molar-refractivity contribution < 1.29 is 22.7 Å². The second-order valence-electron chi connectivity index (χ2n) is 9.29. The lowest BCUT2D eigenvalue weighted by molar-refractivity contribution is -0.141. The number of carbonyl (C=O) groups excluding carboxylic acids is 1. The molecule has 0 aliphatic carbocycles. The smallest absolute Gasteiger partial charge is 0.434 e. The summed E-state index contributed by atoms with van der Waals surface area (Å²) < 4.78 is 47.7. The molecule has 2 aromatic carbocycles. The first kappa shape index (κ1) is 29.2. The molecule has 9 nitrogen and oxygen atoms in total. The van der Waals surface area contributed by atoms with Gasteiger partial charge in [-0.1, -0.05) is 41.4 Å². The van der Waals surface area contributed by atoms with Crippen molar-refractivity contribution in [3.8, 4) is 22.6 Å². The third-order valence-corrected chi connectivity index (χ3v) is 7.00. The number of aromatic nitrogens is 6. The number of ketones is 1. The number of carbonyl (C=O) groups is 1. The number of nitrogens with zero attached hydrogens (tertiary/aromatic N) is 6. The summed E-state index contributed by atoms with van der Waals surface area (Å²) in [6.45, 7) is 1.75. The fourth-order valence-corrected chi connectivity index (χ4v) is 4.93. The van der Waals surface area contributed by atoms with Gasteiger partial charge in [-0.25, -0.2) is 9.67 Å². The van der Waals surface area contributed by atoms with Crippen LogP contribution in [0.3, 0.4) is 0 Å². The molecule has 0 spiro atoms. The average molecular weight is 617 g/mol. The van der Waals surface area contributed by atoms with Crippen molar-refractivity contribution in [3.63, 3.8) is 0 Å². The van der Waals surface area contributed by atoms with Gasteiger partial charge < -0.3 is 9.30 Å². The largest absolute Gasteiger partial charge is 0.495 e. The van der Waals surface area contributed by atoms with Crippen LogP contribution >= 0.6 is 23.2 Å². The van der Waals surface area contributed by atoms with Gasteiger partial charge in [0.15, 0.2) is 16.6 Å². The molecule has 0 saturated carbocycles. The van der Waals surface area contributed by atoms with Crippen molar-refractivity contribution in [1.82, 2.24) is 29.5 Å². The predicted molar refractivity (Wildman–Crippen MR) is 150 cm³/mol. The fraction of sp³-hybridized carbons (Fsp3) is 0.214. The zero-order valence-electron chi connectivity index (χ0n) is 22.1. The molecule has 0 bridgehead atoms. The first-order chi connectivity index (χ1) is 20.0. The molecule has 0 amide bonds. The summed E-state index contributed by atoms with van der Waals surface area (Å²) in [5, 5.41) is 8.36. The summed E-state index contributed by atoms with van der Waals surface area (Å²) in [5.74, 6) is -0.0365. The molecule has 42 heavy (non-hydrogen) atoms. The molecular weight excluding hydrogens is 596 g/mol. The van der Waals surface area contributed by atoms with E-state index in [1.54, 1.807) is 31.2 Å².